The number of carbonyl (C=O) groups is 1. The van der Waals surface area contributed by atoms with Gasteiger partial charge < -0.3 is 14.6 Å². The molecule has 0 radical (unpaired) electrons. The van der Waals surface area contributed by atoms with Crippen LogP contribution in [0.25, 0.3) is 0 Å². The van der Waals surface area contributed by atoms with E-state index in [4.69, 9.17) is 9.84 Å². The Kier molecular flexibility index (Phi) is 2.84. The standard InChI is InChI=1S/C7H12O4/c1-10-7(9)6-3-2-5(4-8)11-6/h5-6,8H,2-4H2,1H3. The quantitative estimate of drug-likeness (QED) is 0.563. The normalized spacial score (nSPS) is 30.4. The van der Waals surface area contributed by atoms with Gasteiger partial charge in [0.15, 0.2) is 6.10 Å². The Balaban J connectivity index is 2.35. The predicted octanol–water partition coefficient (Wildman–Crippen LogP) is -0.301. The highest BCUT2D eigenvalue weighted by molar-refractivity contribution is 5.74. The van der Waals surface area contributed by atoms with Gasteiger partial charge in [0, 0.05) is 0 Å². The maximum Gasteiger partial charge on any atom is 0.334 e. The van der Waals surface area contributed by atoms with Crippen molar-refractivity contribution in [3.05, 3.63) is 0 Å². The molecule has 0 aromatic carbocycles. The molecule has 0 saturated carbocycles. The van der Waals surface area contributed by atoms with Gasteiger partial charge in [0.05, 0.1) is 19.8 Å². The molecule has 1 fully saturated rings. The minimum Gasteiger partial charge on any atom is -0.467 e. The Hall–Kier alpha value is -0.610. The van der Waals surface area contributed by atoms with Gasteiger partial charge in [0.25, 0.3) is 0 Å². The number of esters is 1. The number of hydrogen-bond acceptors (Lipinski definition) is 4. The van der Waals surface area contributed by atoms with Crippen molar-refractivity contribution in [2.24, 2.45) is 0 Å². The first-order chi connectivity index (χ1) is 5.27. The molecule has 2 unspecified atom stereocenters. The lowest BCUT2D eigenvalue weighted by Gasteiger charge is -2.08. The third kappa shape index (κ3) is 1.91. The molecule has 0 spiro atoms. The summed E-state index contributed by atoms with van der Waals surface area (Å²) in [6.45, 7) is -0.0203. The van der Waals surface area contributed by atoms with Gasteiger partial charge in [-0.15, -0.1) is 0 Å². The van der Waals surface area contributed by atoms with Gasteiger partial charge in [0.2, 0.25) is 0 Å². The van der Waals surface area contributed by atoms with Crippen LogP contribution < -0.4 is 0 Å². The number of carbonyl (C=O) groups excluding carboxylic acids is 1. The zero-order chi connectivity index (χ0) is 8.27. The fourth-order valence-corrected chi connectivity index (χ4v) is 1.14. The van der Waals surface area contributed by atoms with E-state index in [9.17, 15) is 4.79 Å². The molecule has 1 aliphatic rings. The minimum atomic E-state index is -0.461. The number of ether oxygens (including phenoxy) is 2. The molecule has 0 aromatic rings. The number of aliphatic hydroxyl groups is 1. The van der Waals surface area contributed by atoms with Gasteiger partial charge >= 0.3 is 5.97 Å². The van der Waals surface area contributed by atoms with Gasteiger partial charge in [-0.2, -0.15) is 0 Å². The molecule has 4 heteroatoms. The van der Waals surface area contributed by atoms with E-state index in [1.54, 1.807) is 0 Å². The maximum absolute atomic E-state index is 10.8. The lowest BCUT2D eigenvalue weighted by Crippen LogP contribution is -2.23. The molecule has 1 rings (SSSR count). The molecular weight excluding hydrogens is 148 g/mol. The molecular formula is C7H12O4. The average Bonchev–Trinajstić information content (AvgIpc) is 2.50. The van der Waals surface area contributed by atoms with Crippen LogP contribution in [0, 0.1) is 0 Å². The van der Waals surface area contributed by atoms with Crippen LogP contribution in [0.4, 0.5) is 0 Å². The van der Waals surface area contributed by atoms with Crippen molar-refractivity contribution < 1.29 is 19.4 Å². The van der Waals surface area contributed by atoms with Gasteiger partial charge in [-0.1, -0.05) is 0 Å². The van der Waals surface area contributed by atoms with E-state index >= 15 is 0 Å². The van der Waals surface area contributed by atoms with Crippen LogP contribution in [-0.4, -0.2) is 37.0 Å². The summed E-state index contributed by atoms with van der Waals surface area (Å²) in [5, 5.41) is 8.66. The highest BCUT2D eigenvalue weighted by Crippen LogP contribution is 2.19. The second-order valence-electron chi connectivity index (χ2n) is 2.53. The topological polar surface area (TPSA) is 55.8 Å². The summed E-state index contributed by atoms with van der Waals surface area (Å²) in [6.07, 6.45) is 0.741. The molecule has 1 saturated heterocycles. The molecule has 1 N–H and O–H groups in total. The first kappa shape index (κ1) is 8.49. The second-order valence-corrected chi connectivity index (χ2v) is 2.53. The first-order valence-corrected chi connectivity index (χ1v) is 3.62. The summed E-state index contributed by atoms with van der Waals surface area (Å²) in [6, 6.07) is 0. The van der Waals surface area contributed by atoms with E-state index in [1.807, 2.05) is 0 Å². The Morgan fingerprint density at radius 2 is 2.45 bits per heavy atom. The number of methoxy groups -OCH3 is 1. The fourth-order valence-electron chi connectivity index (χ4n) is 1.14. The van der Waals surface area contributed by atoms with E-state index in [2.05, 4.69) is 4.74 Å². The lowest BCUT2D eigenvalue weighted by atomic mass is 10.2. The van der Waals surface area contributed by atoms with Crippen LogP contribution in [0.3, 0.4) is 0 Å². The molecule has 2 atom stereocenters. The third-order valence-corrected chi connectivity index (χ3v) is 1.78. The molecule has 4 nitrogen and oxygen atoms in total. The Bertz CT molecular complexity index is 145. The molecule has 1 heterocycles. The maximum atomic E-state index is 10.8. The summed E-state index contributed by atoms with van der Waals surface area (Å²) in [5.41, 5.74) is 0. The highest BCUT2D eigenvalue weighted by atomic mass is 16.6. The van der Waals surface area contributed by atoms with Gasteiger partial charge in [0.1, 0.15) is 0 Å². The summed E-state index contributed by atoms with van der Waals surface area (Å²) in [7, 11) is 1.33. The van der Waals surface area contributed by atoms with Crippen LogP contribution in [0.1, 0.15) is 12.8 Å². The van der Waals surface area contributed by atoms with Crippen molar-refractivity contribution in [3.8, 4) is 0 Å². The zero-order valence-corrected chi connectivity index (χ0v) is 6.45. The first-order valence-electron chi connectivity index (χ1n) is 3.62. The zero-order valence-electron chi connectivity index (χ0n) is 6.45. The number of aliphatic hydroxyl groups excluding tert-OH is 1. The van der Waals surface area contributed by atoms with Crippen LogP contribution in [0.15, 0.2) is 0 Å². The highest BCUT2D eigenvalue weighted by Gasteiger charge is 2.30. The second kappa shape index (κ2) is 3.69. The molecule has 0 aliphatic carbocycles. The van der Waals surface area contributed by atoms with Crippen molar-refractivity contribution in [3.63, 3.8) is 0 Å². The summed E-state index contributed by atoms with van der Waals surface area (Å²) < 4.78 is 9.62. The van der Waals surface area contributed by atoms with Crippen LogP contribution in [-0.2, 0) is 14.3 Å². The van der Waals surface area contributed by atoms with Crippen molar-refractivity contribution in [1.82, 2.24) is 0 Å². The largest absolute Gasteiger partial charge is 0.467 e. The summed E-state index contributed by atoms with van der Waals surface area (Å²) in [4.78, 5) is 10.8. The lowest BCUT2D eigenvalue weighted by molar-refractivity contribution is -0.153. The molecule has 0 amide bonds. The van der Waals surface area contributed by atoms with Gasteiger partial charge in [-0.25, -0.2) is 4.79 Å². The van der Waals surface area contributed by atoms with Crippen LogP contribution >= 0.6 is 0 Å². The molecule has 0 aromatic heterocycles. The summed E-state index contributed by atoms with van der Waals surface area (Å²) >= 11 is 0. The van der Waals surface area contributed by atoms with Crippen LogP contribution in [0.5, 0.6) is 0 Å². The molecule has 0 bridgehead atoms. The Morgan fingerprint density at radius 1 is 1.73 bits per heavy atom. The van der Waals surface area contributed by atoms with E-state index < -0.39 is 6.10 Å². The van der Waals surface area contributed by atoms with Crippen molar-refractivity contribution in [2.45, 2.75) is 25.0 Å². The number of hydrogen-bond donors (Lipinski definition) is 1. The fraction of sp³-hybridized carbons (Fsp3) is 0.857. The van der Waals surface area contributed by atoms with Crippen molar-refractivity contribution in [2.75, 3.05) is 13.7 Å². The molecule has 11 heavy (non-hydrogen) atoms. The smallest absolute Gasteiger partial charge is 0.334 e. The van der Waals surface area contributed by atoms with Crippen molar-refractivity contribution in [1.29, 1.82) is 0 Å². The minimum absolute atomic E-state index is 0.0203. The monoisotopic (exact) mass is 160 g/mol. The molecule has 1 aliphatic heterocycles. The van der Waals surface area contributed by atoms with Gasteiger partial charge in [-0.3, -0.25) is 0 Å². The average molecular weight is 160 g/mol. The molecule has 64 valence electrons. The van der Waals surface area contributed by atoms with E-state index in [1.165, 1.54) is 7.11 Å². The summed E-state index contributed by atoms with van der Waals surface area (Å²) in [5.74, 6) is -0.346. The van der Waals surface area contributed by atoms with E-state index in [0.717, 1.165) is 6.42 Å². The van der Waals surface area contributed by atoms with E-state index in [0.29, 0.717) is 6.42 Å². The Morgan fingerprint density at radius 3 is 2.91 bits per heavy atom. The van der Waals surface area contributed by atoms with Gasteiger partial charge in [-0.05, 0) is 12.8 Å². The third-order valence-electron chi connectivity index (χ3n) is 1.78. The SMILES string of the molecule is COC(=O)C1CCC(CO)O1. The number of rotatable bonds is 2. The van der Waals surface area contributed by atoms with E-state index in [-0.39, 0.29) is 18.7 Å². The Labute approximate surface area is 65.1 Å². The predicted molar refractivity (Wildman–Crippen MR) is 37.0 cm³/mol. The van der Waals surface area contributed by atoms with Crippen LogP contribution in [0.2, 0.25) is 0 Å². The van der Waals surface area contributed by atoms with Crippen molar-refractivity contribution >= 4 is 5.97 Å².